The zero-order valence-electron chi connectivity index (χ0n) is 17.5. The molecule has 2 heterocycles. The molecule has 1 aliphatic heterocycles. The number of furan rings is 1. The standard InChI is InChI=1S/C22H29N3O4/c1-5-23-22(24-13-17-12-19(16(3)29-17)21(26)27-4)25-10-11-28-20(14-25)18-9-7-6-8-15(18)2/h6-9,12,20H,5,10-11,13-14H2,1-4H3,(H,23,24). The maximum atomic E-state index is 11.8. The summed E-state index contributed by atoms with van der Waals surface area (Å²) in [5.41, 5.74) is 2.87. The number of carbonyl (C=O) groups is 1. The van der Waals surface area contributed by atoms with Gasteiger partial charge in [-0.05, 0) is 38.0 Å². The van der Waals surface area contributed by atoms with E-state index in [4.69, 9.17) is 18.9 Å². The fourth-order valence-electron chi connectivity index (χ4n) is 3.49. The van der Waals surface area contributed by atoms with Gasteiger partial charge in [0.1, 0.15) is 29.7 Å². The minimum atomic E-state index is -0.400. The normalized spacial score (nSPS) is 17.3. The Bertz CT molecular complexity index is 875. The van der Waals surface area contributed by atoms with Crippen LogP contribution < -0.4 is 5.32 Å². The number of guanidine groups is 1. The molecule has 1 aliphatic rings. The molecule has 29 heavy (non-hydrogen) atoms. The molecule has 0 radical (unpaired) electrons. The molecule has 1 aromatic heterocycles. The topological polar surface area (TPSA) is 76.3 Å². The van der Waals surface area contributed by atoms with E-state index >= 15 is 0 Å². The van der Waals surface area contributed by atoms with Crippen molar-refractivity contribution in [2.45, 2.75) is 33.4 Å². The van der Waals surface area contributed by atoms with Crippen LogP contribution in [0.1, 0.15) is 46.0 Å². The summed E-state index contributed by atoms with van der Waals surface area (Å²) in [7, 11) is 1.36. The molecule has 0 bridgehead atoms. The molecule has 1 unspecified atom stereocenters. The average Bonchev–Trinajstić information content (AvgIpc) is 3.11. The molecule has 156 valence electrons. The lowest BCUT2D eigenvalue weighted by molar-refractivity contribution is -0.00834. The zero-order chi connectivity index (χ0) is 20.8. The van der Waals surface area contributed by atoms with Gasteiger partial charge in [-0.1, -0.05) is 24.3 Å². The van der Waals surface area contributed by atoms with Crippen LogP contribution in [-0.4, -0.2) is 50.2 Å². The van der Waals surface area contributed by atoms with Gasteiger partial charge in [-0.25, -0.2) is 9.79 Å². The van der Waals surface area contributed by atoms with Gasteiger partial charge in [-0.15, -0.1) is 0 Å². The highest BCUT2D eigenvalue weighted by Gasteiger charge is 2.25. The minimum absolute atomic E-state index is 0.00518. The van der Waals surface area contributed by atoms with Gasteiger partial charge in [-0.2, -0.15) is 0 Å². The molecule has 1 aromatic carbocycles. The highest BCUT2D eigenvalue weighted by molar-refractivity contribution is 5.90. The predicted octanol–water partition coefficient (Wildman–Crippen LogP) is 3.22. The molecule has 0 spiro atoms. The third-order valence-corrected chi connectivity index (χ3v) is 4.99. The molecule has 3 rings (SSSR count). The van der Waals surface area contributed by atoms with Crippen LogP contribution in [0.15, 0.2) is 39.7 Å². The molecule has 1 atom stereocenters. The number of rotatable bonds is 5. The summed E-state index contributed by atoms with van der Waals surface area (Å²) >= 11 is 0. The van der Waals surface area contributed by atoms with Gasteiger partial charge in [-0.3, -0.25) is 0 Å². The number of nitrogens with zero attached hydrogens (tertiary/aromatic N) is 2. The van der Waals surface area contributed by atoms with E-state index < -0.39 is 5.97 Å². The van der Waals surface area contributed by atoms with E-state index in [0.29, 0.717) is 30.2 Å². The Balaban J connectivity index is 1.75. The number of ether oxygens (including phenoxy) is 2. The van der Waals surface area contributed by atoms with Crippen molar-refractivity contribution in [3.63, 3.8) is 0 Å². The van der Waals surface area contributed by atoms with Gasteiger partial charge < -0.3 is 24.1 Å². The molecule has 0 amide bonds. The lowest BCUT2D eigenvalue weighted by Crippen LogP contribution is -2.48. The van der Waals surface area contributed by atoms with Gasteiger partial charge in [0.15, 0.2) is 5.96 Å². The van der Waals surface area contributed by atoms with Crippen LogP contribution in [0.25, 0.3) is 0 Å². The predicted molar refractivity (Wildman–Crippen MR) is 111 cm³/mol. The van der Waals surface area contributed by atoms with Crippen molar-refractivity contribution in [1.82, 2.24) is 10.2 Å². The van der Waals surface area contributed by atoms with Gasteiger partial charge in [0.25, 0.3) is 0 Å². The van der Waals surface area contributed by atoms with E-state index in [-0.39, 0.29) is 6.10 Å². The molecule has 2 aromatic rings. The number of morpholine rings is 1. The van der Waals surface area contributed by atoms with Crippen LogP contribution in [0.3, 0.4) is 0 Å². The van der Waals surface area contributed by atoms with E-state index in [1.807, 2.05) is 19.1 Å². The maximum Gasteiger partial charge on any atom is 0.341 e. The highest BCUT2D eigenvalue weighted by Crippen LogP contribution is 2.25. The first-order valence-corrected chi connectivity index (χ1v) is 9.91. The number of hydrogen-bond donors (Lipinski definition) is 1. The Morgan fingerprint density at radius 3 is 2.86 bits per heavy atom. The molecule has 7 nitrogen and oxygen atoms in total. The second-order valence-corrected chi connectivity index (χ2v) is 7.01. The fourth-order valence-corrected chi connectivity index (χ4v) is 3.49. The van der Waals surface area contributed by atoms with E-state index in [1.165, 1.54) is 18.2 Å². The summed E-state index contributed by atoms with van der Waals surface area (Å²) in [5, 5.41) is 3.35. The van der Waals surface area contributed by atoms with Crippen molar-refractivity contribution in [2.75, 3.05) is 33.4 Å². The Labute approximate surface area is 171 Å². The Morgan fingerprint density at radius 1 is 1.34 bits per heavy atom. The number of esters is 1. The molecular weight excluding hydrogens is 370 g/mol. The van der Waals surface area contributed by atoms with Gasteiger partial charge >= 0.3 is 5.97 Å². The van der Waals surface area contributed by atoms with E-state index in [2.05, 4.69) is 29.3 Å². The monoisotopic (exact) mass is 399 g/mol. The van der Waals surface area contributed by atoms with Crippen LogP contribution in [0.4, 0.5) is 0 Å². The quantitative estimate of drug-likeness (QED) is 0.473. The molecule has 0 saturated carbocycles. The number of nitrogens with one attached hydrogen (secondary N) is 1. The van der Waals surface area contributed by atoms with Gasteiger partial charge in [0, 0.05) is 13.1 Å². The molecule has 1 N–H and O–H groups in total. The number of benzene rings is 1. The summed E-state index contributed by atoms with van der Waals surface area (Å²) in [6.45, 7) is 9.12. The SMILES string of the molecule is CCNC(=NCc1cc(C(=O)OC)c(C)o1)N1CCOC(c2ccccc2C)C1. The largest absolute Gasteiger partial charge is 0.465 e. The highest BCUT2D eigenvalue weighted by atomic mass is 16.5. The second-order valence-electron chi connectivity index (χ2n) is 7.01. The minimum Gasteiger partial charge on any atom is -0.465 e. The van der Waals surface area contributed by atoms with Crippen LogP contribution in [0.2, 0.25) is 0 Å². The van der Waals surface area contributed by atoms with E-state index in [1.54, 1.807) is 13.0 Å². The number of aliphatic imine (C=N–C) groups is 1. The Kier molecular flexibility index (Phi) is 6.93. The molecule has 7 heteroatoms. The second kappa shape index (κ2) is 9.60. The van der Waals surface area contributed by atoms with E-state index in [9.17, 15) is 4.79 Å². The van der Waals surface area contributed by atoms with Gasteiger partial charge in [0.05, 0.1) is 20.3 Å². The van der Waals surface area contributed by atoms with Crippen LogP contribution in [0.5, 0.6) is 0 Å². The molecule has 1 saturated heterocycles. The smallest absolute Gasteiger partial charge is 0.341 e. The van der Waals surface area contributed by atoms with Crippen molar-refractivity contribution in [3.8, 4) is 0 Å². The fraction of sp³-hybridized carbons (Fsp3) is 0.455. The lowest BCUT2D eigenvalue weighted by atomic mass is 10.0. The van der Waals surface area contributed by atoms with E-state index in [0.717, 1.165) is 25.6 Å². The zero-order valence-corrected chi connectivity index (χ0v) is 17.5. The van der Waals surface area contributed by atoms with Crippen molar-refractivity contribution >= 4 is 11.9 Å². The maximum absolute atomic E-state index is 11.8. The summed E-state index contributed by atoms with van der Waals surface area (Å²) in [5.74, 6) is 1.57. The summed E-state index contributed by atoms with van der Waals surface area (Å²) in [4.78, 5) is 18.7. The van der Waals surface area contributed by atoms with Crippen molar-refractivity contribution < 1.29 is 18.7 Å². The van der Waals surface area contributed by atoms with Gasteiger partial charge in [0.2, 0.25) is 0 Å². The lowest BCUT2D eigenvalue weighted by Gasteiger charge is -2.35. The first kappa shape index (κ1) is 20.9. The van der Waals surface area contributed by atoms with Crippen molar-refractivity contribution in [3.05, 3.63) is 58.5 Å². The molecular formula is C22H29N3O4. The summed E-state index contributed by atoms with van der Waals surface area (Å²) in [6.07, 6.45) is 0.00518. The molecule has 0 aliphatic carbocycles. The van der Waals surface area contributed by atoms with Crippen molar-refractivity contribution in [2.24, 2.45) is 4.99 Å². The summed E-state index contributed by atoms with van der Waals surface area (Å²) in [6, 6.07) is 10.0. The average molecular weight is 399 g/mol. The van der Waals surface area contributed by atoms with Crippen molar-refractivity contribution in [1.29, 1.82) is 0 Å². The first-order chi connectivity index (χ1) is 14.0. The van der Waals surface area contributed by atoms with Crippen LogP contribution in [-0.2, 0) is 16.0 Å². The first-order valence-electron chi connectivity index (χ1n) is 9.91. The summed E-state index contributed by atoms with van der Waals surface area (Å²) < 4.78 is 16.5. The molecule has 1 fully saturated rings. The number of methoxy groups -OCH3 is 1. The Hall–Kier alpha value is -2.80. The number of hydrogen-bond acceptors (Lipinski definition) is 5. The number of aryl methyl sites for hydroxylation is 2. The number of carbonyl (C=O) groups excluding carboxylic acids is 1. The Morgan fingerprint density at radius 2 is 2.14 bits per heavy atom. The third-order valence-electron chi connectivity index (χ3n) is 4.99. The van der Waals surface area contributed by atoms with Crippen LogP contribution in [0, 0.1) is 13.8 Å². The third kappa shape index (κ3) is 4.98. The van der Waals surface area contributed by atoms with Crippen LogP contribution >= 0.6 is 0 Å².